The fraction of sp³-hybridized carbons (Fsp3) is 0.167. The lowest BCUT2D eigenvalue weighted by Gasteiger charge is -2.29. The lowest BCUT2D eigenvalue weighted by molar-refractivity contribution is -0.119. The summed E-state index contributed by atoms with van der Waals surface area (Å²) in [6.45, 7) is 3.82. The first-order chi connectivity index (χ1) is 11.1. The van der Waals surface area contributed by atoms with E-state index in [-0.39, 0.29) is 5.91 Å². The largest absolute Gasteiger partial charge is 0.497 e. The van der Waals surface area contributed by atoms with Crippen molar-refractivity contribution in [2.45, 2.75) is 12.0 Å². The van der Waals surface area contributed by atoms with Crippen LogP contribution in [0, 0.1) is 0 Å². The molecular weight excluding hydrogens is 356 g/mol. The molecule has 2 N–H and O–H groups in total. The quantitative estimate of drug-likeness (QED) is 0.769. The standard InChI is InChI=1S/C18H17BrN2O2/c1-3-11-18(21-12-7-9-13(23-2)10-8-12)16-14(19)5-4-6-15(16)20-17(18)22/h3-10,21H,1,11H2,2H3,(H,20,22). The molecule has 0 bridgehead atoms. The van der Waals surface area contributed by atoms with Crippen LogP contribution in [-0.4, -0.2) is 13.0 Å². The maximum absolute atomic E-state index is 12.8. The van der Waals surface area contributed by atoms with Crippen molar-refractivity contribution in [3.05, 3.63) is 65.2 Å². The fourth-order valence-electron chi connectivity index (χ4n) is 2.91. The number of hydrogen-bond donors (Lipinski definition) is 2. The van der Waals surface area contributed by atoms with Crippen LogP contribution in [-0.2, 0) is 10.3 Å². The Bertz CT molecular complexity index is 758. The van der Waals surface area contributed by atoms with E-state index in [0.29, 0.717) is 6.42 Å². The zero-order chi connectivity index (χ0) is 16.4. The van der Waals surface area contributed by atoms with Crippen LogP contribution < -0.4 is 15.4 Å². The van der Waals surface area contributed by atoms with Crippen molar-refractivity contribution in [1.29, 1.82) is 0 Å². The number of halogens is 1. The van der Waals surface area contributed by atoms with Crippen LogP contribution in [0.3, 0.4) is 0 Å². The molecule has 1 aliphatic heterocycles. The summed E-state index contributed by atoms with van der Waals surface area (Å²) in [5, 5.41) is 6.34. The van der Waals surface area contributed by atoms with Crippen LogP contribution in [0.15, 0.2) is 59.6 Å². The number of rotatable bonds is 5. The summed E-state index contributed by atoms with van der Waals surface area (Å²) < 4.78 is 6.06. The van der Waals surface area contributed by atoms with Gasteiger partial charge in [-0.15, -0.1) is 6.58 Å². The molecule has 1 atom stereocenters. The van der Waals surface area contributed by atoms with Gasteiger partial charge < -0.3 is 15.4 Å². The van der Waals surface area contributed by atoms with Crippen molar-refractivity contribution in [3.63, 3.8) is 0 Å². The molecule has 23 heavy (non-hydrogen) atoms. The first kappa shape index (κ1) is 15.6. The maximum atomic E-state index is 12.8. The summed E-state index contributed by atoms with van der Waals surface area (Å²) in [6.07, 6.45) is 2.23. The summed E-state index contributed by atoms with van der Waals surface area (Å²) in [6, 6.07) is 13.2. The zero-order valence-electron chi connectivity index (χ0n) is 12.7. The predicted octanol–water partition coefficient (Wildman–Crippen LogP) is 4.29. The molecule has 1 heterocycles. The van der Waals surface area contributed by atoms with Crippen LogP contribution >= 0.6 is 15.9 Å². The molecule has 1 aliphatic rings. The van der Waals surface area contributed by atoms with Crippen molar-refractivity contribution in [3.8, 4) is 5.75 Å². The number of fused-ring (bicyclic) bond motifs is 1. The van der Waals surface area contributed by atoms with Crippen molar-refractivity contribution in [1.82, 2.24) is 0 Å². The second-order valence-corrected chi connectivity index (χ2v) is 6.22. The lowest BCUT2D eigenvalue weighted by atomic mass is 9.87. The average Bonchev–Trinajstić information content (AvgIpc) is 2.82. The van der Waals surface area contributed by atoms with Crippen LogP contribution in [0.1, 0.15) is 12.0 Å². The third-order valence-corrected chi connectivity index (χ3v) is 4.64. The van der Waals surface area contributed by atoms with E-state index in [9.17, 15) is 4.79 Å². The minimum Gasteiger partial charge on any atom is -0.497 e. The zero-order valence-corrected chi connectivity index (χ0v) is 14.3. The van der Waals surface area contributed by atoms with Gasteiger partial charge in [0.15, 0.2) is 0 Å². The van der Waals surface area contributed by atoms with Crippen molar-refractivity contribution >= 4 is 33.2 Å². The Morgan fingerprint density at radius 3 is 2.70 bits per heavy atom. The van der Waals surface area contributed by atoms with Crippen LogP contribution in [0.2, 0.25) is 0 Å². The maximum Gasteiger partial charge on any atom is 0.255 e. The summed E-state index contributed by atoms with van der Waals surface area (Å²) in [5.41, 5.74) is 1.67. The Balaban J connectivity index is 2.07. The summed E-state index contributed by atoms with van der Waals surface area (Å²) >= 11 is 3.57. The number of anilines is 2. The van der Waals surface area contributed by atoms with E-state index in [2.05, 4.69) is 33.1 Å². The first-order valence-electron chi connectivity index (χ1n) is 7.24. The highest BCUT2D eigenvalue weighted by Gasteiger charge is 2.47. The second-order valence-electron chi connectivity index (χ2n) is 5.37. The number of methoxy groups -OCH3 is 1. The number of benzene rings is 2. The van der Waals surface area contributed by atoms with Gasteiger partial charge in [0.2, 0.25) is 0 Å². The molecule has 4 nitrogen and oxygen atoms in total. The van der Waals surface area contributed by atoms with E-state index >= 15 is 0 Å². The van der Waals surface area contributed by atoms with Gasteiger partial charge >= 0.3 is 0 Å². The van der Waals surface area contributed by atoms with Gasteiger partial charge in [-0.2, -0.15) is 0 Å². The number of ether oxygens (including phenoxy) is 1. The van der Waals surface area contributed by atoms with Crippen LogP contribution in [0.5, 0.6) is 5.75 Å². The van der Waals surface area contributed by atoms with Gasteiger partial charge in [0.25, 0.3) is 5.91 Å². The van der Waals surface area contributed by atoms with Crippen molar-refractivity contribution < 1.29 is 9.53 Å². The molecule has 0 saturated carbocycles. The van der Waals surface area contributed by atoms with Crippen molar-refractivity contribution in [2.75, 3.05) is 17.7 Å². The number of carbonyl (C=O) groups excluding carboxylic acids is 1. The van der Waals surface area contributed by atoms with E-state index in [4.69, 9.17) is 4.74 Å². The molecule has 0 aliphatic carbocycles. The molecule has 2 aromatic carbocycles. The van der Waals surface area contributed by atoms with Gasteiger partial charge in [0.05, 0.1) is 7.11 Å². The highest BCUT2D eigenvalue weighted by atomic mass is 79.9. The minimum atomic E-state index is -0.883. The van der Waals surface area contributed by atoms with Gasteiger partial charge in [-0.1, -0.05) is 28.1 Å². The molecule has 2 aromatic rings. The fourth-order valence-corrected chi connectivity index (χ4v) is 3.61. The molecule has 0 fully saturated rings. The SMILES string of the molecule is C=CCC1(Nc2ccc(OC)cc2)C(=O)Nc2cccc(Br)c21. The van der Waals surface area contributed by atoms with E-state index in [0.717, 1.165) is 27.2 Å². The topological polar surface area (TPSA) is 50.4 Å². The van der Waals surface area contributed by atoms with Crippen molar-refractivity contribution in [2.24, 2.45) is 0 Å². The lowest BCUT2D eigenvalue weighted by Crippen LogP contribution is -2.42. The molecule has 1 amide bonds. The van der Waals surface area contributed by atoms with E-state index in [1.54, 1.807) is 13.2 Å². The third kappa shape index (κ3) is 2.61. The van der Waals surface area contributed by atoms with Gasteiger partial charge in [-0.3, -0.25) is 4.79 Å². The molecule has 1 unspecified atom stereocenters. The molecule has 0 aromatic heterocycles. The molecule has 5 heteroatoms. The van der Waals surface area contributed by atoms with Gasteiger partial charge in [-0.25, -0.2) is 0 Å². The van der Waals surface area contributed by atoms with E-state index in [1.807, 2.05) is 42.5 Å². The normalized spacial score (nSPS) is 19.0. The summed E-state index contributed by atoms with van der Waals surface area (Å²) in [5.74, 6) is 0.681. The minimum absolute atomic E-state index is 0.0879. The summed E-state index contributed by atoms with van der Waals surface area (Å²) in [7, 11) is 1.62. The van der Waals surface area contributed by atoms with Crippen LogP contribution in [0.25, 0.3) is 0 Å². The highest BCUT2D eigenvalue weighted by Crippen LogP contribution is 2.45. The van der Waals surface area contributed by atoms with Gasteiger partial charge in [-0.05, 0) is 36.4 Å². The highest BCUT2D eigenvalue weighted by molar-refractivity contribution is 9.10. The second kappa shape index (κ2) is 6.08. The molecular formula is C18H17BrN2O2. The molecule has 3 rings (SSSR count). The van der Waals surface area contributed by atoms with Crippen LogP contribution in [0.4, 0.5) is 11.4 Å². The average molecular weight is 373 g/mol. The predicted molar refractivity (Wildman–Crippen MR) is 95.9 cm³/mol. The number of nitrogens with one attached hydrogen (secondary N) is 2. The van der Waals surface area contributed by atoms with E-state index in [1.165, 1.54) is 0 Å². The van der Waals surface area contributed by atoms with Gasteiger partial charge in [0.1, 0.15) is 11.3 Å². The Labute approximate surface area is 143 Å². The van der Waals surface area contributed by atoms with Gasteiger partial charge in [0, 0.05) is 27.8 Å². The monoisotopic (exact) mass is 372 g/mol. The first-order valence-corrected chi connectivity index (χ1v) is 8.03. The molecule has 118 valence electrons. The number of amides is 1. The van der Waals surface area contributed by atoms with E-state index < -0.39 is 5.54 Å². The molecule has 0 spiro atoms. The smallest absolute Gasteiger partial charge is 0.255 e. The Kier molecular flexibility index (Phi) is 4.13. The molecule has 0 radical (unpaired) electrons. The molecule has 0 saturated heterocycles. The Hall–Kier alpha value is -2.27. The number of hydrogen-bond acceptors (Lipinski definition) is 3. The Morgan fingerprint density at radius 2 is 2.04 bits per heavy atom. The Morgan fingerprint density at radius 1 is 1.30 bits per heavy atom. The number of carbonyl (C=O) groups is 1. The third-order valence-electron chi connectivity index (χ3n) is 3.97. The summed E-state index contributed by atoms with van der Waals surface area (Å²) in [4.78, 5) is 12.8.